The Morgan fingerprint density at radius 2 is 2.08 bits per heavy atom. The van der Waals surface area contributed by atoms with Crippen molar-refractivity contribution in [1.82, 2.24) is 10.2 Å². The lowest BCUT2D eigenvalue weighted by Gasteiger charge is -2.08. The Hall–Kier alpha value is -3.07. The zero-order chi connectivity index (χ0) is 18.5. The Morgan fingerprint density at radius 1 is 1.23 bits per heavy atom. The summed E-state index contributed by atoms with van der Waals surface area (Å²) in [5.41, 5.74) is 1.22. The standard InChI is InChI=1S/C17H15FN4O3S/c1-10(23)19-12-2-3-13(18)14(8-12)20-15(24)4-5-16-21-22-17(25-16)11-6-7-26-9-11/h2-3,6-9H,4-5H2,1H3,(H,19,23)(H,20,24). The molecule has 0 spiro atoms. The first-order valence-electron chi connectivity index (χ1n) is 7.73. The number of nitrogens with one attached hydrogen (secondary N) is 2. The molecular formula is C17H15FN4O3S. The van der Waals surface area contributed by atoms with Crippen LogP contribution < -0.4 is 10.6 Å². The van der Waals surface area contributed by atoms with Gasteiger partial charge in [-0.05, 0) is 29.6 Å². The van der Waals surface area contributed by atoms with Crippen molar-refractivity contribution in [1.29, 1.82) is 0 Å². The van der Waals surface area contributed by atoms with E-state index in [1.807, 2.05) is 16.8 Å². The zero-order valence-corrected chi connectivity index (χ0v) is 14.6. The number of anilines is 2. The summed E-state index contributed by atoms with van der Waals surface area (Å²) in [4.78, 5) is 23.1. The highest BCUT2D eigenvalue weighted by Crippen LogP contribution is 2.22. The predicted octanol–water partition coefficient (Wildman–Crippen LogP) is 3.47. The number of nitrogens with zero attached hydrogens (tertiary/aromatic N) is 2. The second-order valence-corrected chi connectivity index (χ2v) is 6.22. The van der Waals surface area contributed by atoms with E-state index in [9.17, 15) is 14.0 Å². The molecule has 0 saturated heterocycles. The highest BCUT2D eigenvalue weighted by atomic mass is 32.1. The lowest BCUT2D eigenvalue weighted by Crippen LogP contribution is -2.14. The minimum Gasteiger partial charge on any atom is -0.421 e. The van der Waals surface area contributed by atoms with E-state index >= 15 is 0 Å². The van der Waals surface area contributed by atoms with Gasteiger partial charge in [-0.2, -0.15) is 11.3 Å². The Kier molecular flexibility index (Phi) is 5.37. The zero-order valence-electron chi connectivity index (χ0n) is 13.8. The molecule has 0 saturated carbocycles. The van der Waals surface area contributed by atoms with Gasteiger partial charge in [-0.1, -0.05) is 0 Å². The van der Waals surface area contributed by atoms with E-state index in [0.717, 1.165) is 5.56 Å². The number of carbonyl (C=O) groups is 2. The SMILES string of the molecule is CC(=O)Nc1ccc(F)c(NC(=O)CCc2nnc(-c3ccsc3)o2)c1. The van der Waals surface area contributed by atoms with Gasteiger partial charge in [0.25, 0.3) is 0 Å². The van der Waals surface area contributed by atoms with Gasteiger partial charge >= 0.3 is 0 Å². The second kappa shape index (κ2) is 7.87. The van der Waals surface area contributed by atoms with E-state index in [1.165, 1.54) is 36.5 Å². The highest BCUT2D eigenvalue weighted by Gasteiger charge is 2.13. The first kappa shape index (κ1) is 17.7. The third-order valence-electron chi connectivity index (χ3n) is 3.36. The van der Waals surface area contributed by atoms with Crippen LogP contribution in [-0.2, 0) is 16.0 Å². The Bertz CT molecular complexity index is 924. The molecule has 0 aliphatic heterocycles. The van der Waals surface area contributed by atoms with Gasteiger partial charge in [-0.25, -0.2) is 4.39 Å². The van der Waals surface area contributed by atoms with Crippen LogP contribution in [0.15, 0.2) is 39.4 Å². The minimum absolute atomic E-state index is 0.00857. The fourth-order valence-electron chi connectivity index (χ4n) is 2.19. The summed E-state index contributed by atoms with van der Waals surface area (Å²) >= 11 is 1.52. The van der Waals surface area contributed by atoms with E-state index in [2.05, 4.69) is 20.8 Å². The number of aromatic nitrogens is 2. The van der Waals surface area contributed by atoms with Gasteiger partial charge in [0.15, 0.2) is 0 Å². The summed E-state index contributed by atoms with van der Waals surface area (Å²) in [6.07, 6.45) is 0.283. The van der Waals surface area contributed by atoms with Crippen molar-refractivity contribution in [2.75, 3.05) is 10.6 Å². The quantitative estimate of drug-likeness (QED) is 0.689. The van der Waals surface area contributed by atoms with Crippen LogP contribution in [0.2, 0.25) is 0 Å². The molecule has 0 fully saturated rings. The summed E-state index contributed by atoms with van der Waals surface area (Å²) in [5.74, 6) is -0.555. The normalized spacial score (nSPS) is 10.5. The minimum atomic E-state index is -0.593. The van der Waals surface area contributed by atoms with Crippen LogP contribution >= 0.6 is 11.3 Å². The van der Waals surface area contributed by atoms with Gasteiger partial charge in [0.05, 0.1) is 5.69 Å². The first-order valence-corrected chi connectivity index (χ1v) is 8.67. The summed E-state index contributed by atoms with van der Waals surface area (Å²) in [6, 6.07) is 5.80. The Labute approximate surface area is 152 Å². The molecule has 0 aliphatic rings. The fraction of sp³-hybridized carbons (Fsp3) is 0.176. The largest absolute Gasteiger partial charge is 0.421 e. The molecule has 3 rings (SSSR count). The van der Waals surface area contributed by atoms with Gasteiger partial charge in [0.2, 0.25) is 23.6 Å². The topological polar surface area (TPSA) is 97.1 Å². The summed E-state index contributed by atoms with van der Waals surface area (Å²) < 4.78 is 19.3. The molecule has 1 aromatic carbocycles. The Balaban J connectivity index is 1.58. The monoisotopic (exact) mass is 374 g/mol. The molecule has 26 heavy (non-hydrogen) atoms. The van der Waals surface area contributed by atoms with Crippen LogP contribution in [0.3, 0.4) is 0 Å². The van der Waals surface area contributed by atoms with E-state index in [1.54, 1.807) is 0 Å². The van der Waals surface area contributed by atoms with Crippen LogP contribution in [0.25, 0.3) is 11.5 Å². The van der Waals surface area contributed by atoms with Crippen molar-refractivity contribution in [3.05, 3.63) is 46.7 Å². The molecule has 134 valence electrons. The number of benzene rings is 1. The number of aryl methyl sites for hydroxylation is 1. The molecule has 0 atom stereocenters. The van der Waals surface area contributed by atoms with E-state index in [0.29, 0.717) is 17.5 Å². The van der Waals surface area contributed by atoms with Gasteiger partial charge in [0, 0.05) is 36.4 Å². The predicted molar refractivity (Wildman–Crippen MR) is 95.3 cm³/mol. The van der Waals surface area contributed by atoms with Crippen LogP contribution in [0, 0.1) is 5.82 Å². The second-order valence-electron chi connectivity index (χ2n) is 5.44. The van der Waals surface area contributed by atoms with Gasteiger partial charge in [0.1, 0.15) is 5.82 Å². The lowest BCUT2D eigenvalue weighted by atomic mass is 10.2. The molecule has 2 heterocycles. The first-order chi connectivity index (χ1) is 12.5. The van der Waals surface area contributed by atoms with E-state index < -0.39 is 11.7 Å². The number of amides is 2. The summed E-state index contributed by atoms with van der Waals surface area (Å²) in [7, 11) is 0. The molecule has 0 aliphatic carbocycles. The lowest BCUT2D eigenvalue weighted by molar-refractivity contribution is -0.116. The maximum Gasteiger partial charge on any atom is 0.248 e. The maximum absolute atomic E-state index is 13.8. The van der Waals surface area contributed by atoms with Crippen molar-refractivity contribution in [2.24, 2.45) is 0 Å². The molecule has 7 nitrogen and oxygen atoms in total. The average Bonchev–Trinajstić information content (AvgIpc) is 3.26. The number of halogens is 1. The number of hydrogen-bond donors (Lipinski definition) is 2. The van der Waals surface area contributed by atoms with E-state index in [4.69, 9.17) is 4.42 Å². The number of rotatable bonds is 6. The van der Waals surface area contributed by atoms with Crippen molar-refractivity contribution in [3.63, 3.8) is 0 Å². The van der Waals surface area contributed by atoms with Crippen LogP contribution in [0.4, 0.5) is 15.8 Å². The molecule has 3 aromatic rings. The van der Waals surface area contributed by atoms with Gasteiger partial charge in [-0.15, -0.1) is 10.2 Å². The molecule has 0 unspecified atom stereocenters. The third-order valence-corrected chi connectivity index (χ3v) is 4.04. The maximum atomic E-state index is 13.8. The average molecular weight is 374 g/mol. The molecule has 2 amide bonds. The molecule has 2 aromatic heterocycles. The fourth-order valence-corrected chi connectivity index (χ4v) is 2.82. The van der Waals surface area contributed by atoms with Crippen molar-refractivity contribution < 1.29 is 18.4 Å². The highest BCUT2D eigenvalue weighted by molar-refractivity contribution is 7.08. The summed E-state index contributed by atoms with van der Waals surface area (Å²) in [6.45, 7) is 1.34. The van der Waals surface area contributed by atoms with Gasteiger partial charge in [-0.3, -0.25) is 9.59 Å². The van der Waals surface area contributed by atoms with Crippen molar-refractivity contribution in [2.45, 2.75) is 19.8 Å². The molecule has 9 heteroatoms. The van der Waals surface area contributed by atoms with E-state index in [-0.39, 0.29) is 24.4 Å². The van der Waals surface area contributed by atoms with Crippen molar-refractivity contribution >= 4 is 34.5 Å². The van der Waals surface area contributed by atoms with Gasteiger partial charge < -0.3 is 15.1 Å². The summed E-state index contributed by atoms with van der Waals surface area (Å²) in [5, 5.41) is 16.6. The number of thiophene rings is 1. The third kappa shape index (κ3) is 4.51. The van der Waals surface area contributed by atoms with Crippen molar-refractivity contribution in [3.8, 4) is 11.5 Å². The smallest absolute Gasteiger partial charge is 0.248 e. The van der Waals surface area contributed by atoms with Crippen LogP contribution in [0.1, 0.15) is 19.2 Å². The molecule has 2 N–H and O–H groups in total. The Morgan fingerprint density at radius 3 is 2.81 bits per heavy atom. The molecular weight excluding hydrogens is 359 g/mol. The number of carbonyl (C=O) groups excluding carboxylic acids is 2. The molecule has 0 radical (unpaired) electrons. The van der Waals surface area contributed by atoms with Crippen LogP contribution in [-0.4, -0.2) is 22.0 Å². The number of hydrogen-bond acceptors (Lipinski definition) is 6. The molecule has 0 bridgehead atoms. The van der Waals surface area contributed by atoms with Crippen LogP contribution in [0.5, 0.6) is 0 Å².